The van der Waals surface area contributed by atoms with Gasteiger partial charge in [-0.3, -0.25) is 19.3 Å². The summed E-state index contributed by atoms with van der Waals surface area (Å²) in [6.45, 7) is 5.68. The molecular weight excluding hydrogens is 336 g/mol. The summed E-state index contributed by atoms with van der Waals surface area (Å²) >= 11 is 0. The molecule has 1 aromatic carbocycles. The second-order valence-corrected chi connectivity index (χ2v) is 7.06. The van der Waals surface area contributed by atoms with Crippen molar-refractivity contribution in [3.05, 3.63) is 47.7 Å². The Morgan fingerprint density at radius 2 is 1.73 bits per heavy atom. The van der Waals surface area contributed by atoms with E-state index in [2.05, 4.69) is 0 Å². The number of likely N-dealkylation sites (tertiary alicyclic amines) is 1. The molecule has 1 aromatic rings. The van der Waals surface area contributed by atoms with Crippen LogP contribution in [0.3, 0.4) is 0 Å². The highest BCUT2D eigenvalue weighted by molar-refractivity contribution is 6.23. The van der Waals surface area contributed by atoms with E-state index in [9.17, 15) is 14.4 Å². The number of β-lactam (4-membered cyclic amide) rings is 1. The van der Waals surface area contributed by atoms with Gasteiger partial charge in [0.2, 0.25) is 0 Å². The third-order valence-corrected chi connectivity index (χ3v) is 4.98. The predicted molar refractivity (Wildman–Crippen MR) is 91.1 cm³/mol. The van der Waals surface area contributed by atoms with Crippen LogP contribution in [-0.4, -0.2) is 58.1 Å². The van der Waals surface area contributed by atoms with Crippen LogP contribution >= 0.6 is 0 Å². The molecule has 0 saturated carbocycles. The zero-order chi connectivity index (χ0) is 18.6. The summed E-state index contributed by atoms with van der Waals surface area (Å²) < 4.78 is 11.5. The number of allylic oxidation sites excluding steroid dienone is 1. The average molecular weight is 356 g/mol. The van der Waals surface area contributed by atoms with Gasteiger partial charge in [-0.15, -0.1) is 0 Å². The molecule has 3 heterocycles. The maximum atomic E-state index is 12.8. The number of carbonyl (C=O) groups is 3. The van der Waals surface area contributed by atoms with Crippen LogP contribution in [0, 0.1) is 0 Å². The fourth-order valence-corrected chi connectivity index (χ4v) is 3.84. The van der Waals surface area contributed by atoms with Crippen LogP contribution in [0.25, 0.3) is 0 Å². The molecule has 0 N–H and O–H groups in total. The van der Waals surface area contributed by atoms with E-state index in [1.165, 1.54) is 4.90 Å². The number of hydrogen-bond donors (Lipinski definition) is 0. The van der Waals surface area contributed by atoms with Gasteiger partial charge in [-0.2, -0.15) is 0 Å². The maximum Gasteiger partial charge on any atom is 0.262 e. The Bertz CT molecular complexity index is 796. The van der Waals surface area contributed by atoms with E-state index in [0.29, 0.717) is 17.7 Å². The summed E-state index contributed by atoms with van der Waals surface area (Å²) in [5, 5.41) is 0. The Hall–Kier alpha value is -2.51. The lowest BCUT2D eigenvalue weighted by atomic mass is 9.89. The number of amides is 3. The van der Waals surface area contributed by atoms with Gasteiger partial charge < -0.3 is 14.4 Å². The van der Waals surface area contributed by atoms with Crippen molar-refractivity contribution in [2.24, 2.45) is 0 Å². The molecule has 0 spiro atoms. The lowest BCUT2D eigenvalue weighted by Gasteiger charge is -2.49. The molecule has 3 atom stereocenters. The normalized spacial score (nSPS) is 30.3. The molecule has 7 heteroatoms. The highest BCUT2D eigenvalue weighted by Gasteiger charge is 2.60. The first-order valence-electron chi connectivity index (χ1n) is 8.59. The first-order valence-corrected chi connectivity index (χ1v) is 8.59. The summed E-state index contributed by atoms with van der Waals surface area (Å²) in [7, 11) is 0. The van der Waals surface area contributed by atoms with E-state index in [1.807, 2.05) is 0 Å². The third-order valence-electron chi connectivity index (χ3n) is 4.98. The number of ether oxygens (including phenoxy) is 2. The third kappa shape index (κ3) is 2.31. The van der Waals surface area contributed by atoms with E-state index >= 15 is 0 Å². The molecule has 3 aliphatic heterocycles. The van der Waals surface area contributed by atoms with Gasteiger partial charge in [0.1, 0.15) is 12.1 Å². The SMILES string of the molecule is C/C=C\N1C(=O)[C@@H](N2C(=O)c3ccccc3C2=O)[C@H]1[C@@H]1COC(C)(C)O1. The number of rotatable bonds is 3. The van der Waals surface area contributed by atoms with Crippen molar-refractivity contribution in [1.82, 2.24) is 9.80 Å². The zero-order valence-corrected chi connectivity index (χ0v) is 14.8. The minimum atomic E-state index is -0.888. The highest BCUT2D eigenvalue weighted by atomic mass is 16.7. The number of fused-ring (bicyclic) bond motifs is 1. The topological polar surface area (TPSA) is 76.2 Å². The molecule has 0 aliphatic carbocycles. The Morgan fingerprint density at radius 1 is 1.12 bits per heavy atom. The monoisotopic (exact) mass is 356 g/mol. The van der Waals surface area contributed by atoms with Crippen LogP contribution < -0.4 is 0 Å². The predicted octanol–water partition coefficient (Wildman–Crippen LogP) is 1.55. The Balaban J connectivity index is 1.68. The fraction of sp³-hybridized carbons (Fsp3) is 0.421. The summed E-state index contributed by atoms with van der Waals surface area (Å²) in [5.41, 5.74) is 0.662. The standard InChI is InChI=1S/C19H20N2O5/c1-4-9-20-14(13-10-25-19(2,3)26-13)15(18(20)24)21-16(22)11-7-5-6-8-12(11)17(21)23/h4-9,13-15H,10H2,1-3H3/b9-4-/t13-,14+,15-/m0/s1. The number of benzene rings is 1. The lowest BCUT2D eigenvalue weighted by molar-refractivity contribution is -0.172. The molecule has 136 valence electrons. The second-order valence-electron chi connectivity index (χ2n) is 7.06. The van der Waals surface area contributed by atoms with Gasteiger partial charge in [-0.25, -0.2) is 0 Å². The smallest absolute Gasteiger partial charge is 0.262 e. The van der Waals surface area contributed by atoms with E-state index in [-0.39, 0.29) is 5.91 Å². The van der Waals surface area contributed by atoms with Gasteiger partial charge in [0.25, 0.3) is 17.7 Å². The maximum absolute atomic E-state index is 12.8. The molecule has 7 nitrogen and oxygen atoms in total. The minimum absolute atomic E-state index is 0.290. The van der Waals surface area contributed by atoms with Crippen LogP contribution in [0.4, 0.5) is 0 Å². The largest absolute Gasteiger partial charge is 0.348 e. The van der Waals surface area contributed by atoms with Gasteiger partial charge in [0, 0.05) is 6.20 Å². The van der Waals surface area contributed by atoms with Crippen molar-refractivity contribution < 1.29 is 23.9 Å². The van der Waals surface area contributed by atoms with Gasteiger partial charge in [0.15, 0.2) is 5.79 Å². The molecule has 0 unspecified atom stereocenters. The molecule has 3 amide bonds. The van der Waals surface area contributed by atoms with Gasteiger partial charge in [-0.05, 0) is 32.9 Å². The van der Waals surface area contributed by atoms with E-state index in [0.717, 1.165) is 4.90 Å². The first-order chi connectivity index (χ1) is 12.4. The van der Waals surface area contributed by atoms with E-state index in [4.69, 9.17) is 9.47 Å². The van der Waals surface area contributed by atoms with E-state index < -0.39 is 35.8 Å². The van der Waals surface area contributed by atoms with Gasteiger partial charge >= 0.3 is 0 Å². The van der Waals surface area contributed by atoms with Crippen molar-refractivity contribution in [2.75, 3.05) is 6.61 Å². The number of carbonyl (C=O) groups excluding carboxylic acids is 3. The van der Waals surface area contributed by atoms with Crippen molar-refractivity contribution in [1.29, 1.82) is 0 Å². The van der Waals surface area contributed by atoms with Crippen LogP contribution in [0.2, 0.25) is 0 Å². The lowest BCUT2D eigenvalue weighted by Crippen LogP contribution is -2.73. The molecular formula is C19H20N2O5. The van der Waals surface area contributed by atoms with Crippen LogP contribution in [0.5, 0.6) is 0 Å². The van der Waals surface area contributed by atoms with Crippen LogP contribution in [0.15, 0.2) is 36.5 Å². The average Bonchev–Trinajstić information content (AvgIpc) is 3.09. The summed E-state index contributed by atoms with van der Waals surface area (Å²) in [6.07, 6.45) is 2.97. The molecule has 4 rings (SSSR count). The second kappa shape index (κ2) is 5.75. The number of nitrogens with zero attached hydrogens (tertiary/aromatic N) is 2. The molecule has 0 aromatic heterocycles. The van der Waals surface area contributed by atoms with Gasteiger partial charge in [0.05, 0.1) is 23.8 Å². The minimum Gasteiger partial charge on any atom is -0.348 e. The van der Waals surface area contributed by atoms with Crippen molar-refractivity contribution >= 4 is 17.7 Å². The summed E-state index contributed by atoms with van der Waals surface area (Å²) in [6, 6.07) is 5.27. The number of imide groups is 1. The first kappa shape index (κ1) is 16.9. The van der Waals surface area contributed by atoms with Crippen molar-refractivity contribution in [2.45, 2.75) is 44.7 Å². The summed E-state index contributed by atoms with van der Waals surface area (Å²) in [4.78, 5) is 40.9. The fourth-order valence-electron chi connectivity index (χ4n) is 3.84. The summed E-state index contributed by atoms with van der Waals surface area (Å²) in [5.74, 6) is -1.94. The van der Waals surface area contributed by atoms with Crippen LogP contribution in [-0.2, 0) is 14.3 Å². The van der Waals surface area contributed by atoms with Crippen molar-refractivity contribution in [3.63, 3.8) is 0 Å². The molecule has 0 bridgehead atoms. The Labute approximate surface area is 151 Å². The van der Waals surface area contributed by atoms with E-state index in [1.54, 1.807) is 57.3 Å². The molecule has 0 radical (unpaired) electrons. The highest BCUT2D eigenvalue weighted by Crippen LogP contribution is 2.38. The zero-order valence-electron chi connectivity index (χ0n) is 14.8. The Kier molecular flexibility index (Phi) is 3.75. The molecule has 3 aliphatic rings. The molecule has 2 saturated heterocycles. The number of hydrogen-bond acceptors (Lipinski definition) is 5. The molecule has 26 heavy (non-hydrogen) atoms. The Morgan fingerprint density at radius 3 is 2.23 bits per heavy atom. The van der Waals surface area contributed by atoms with Crippen molar-refractivity contribution in [3.8, 4) is 0 Å². The molecule has 2 fully saturated rings. The quantitative estimate of drug-likeness (QED) is 0.607. The van der Waals surface area contributed by atoms with Crippen LogP contribution in [0.1, 0.15) is 41.5 Å². The van der Waals surface area contributed by atoms with Gasteiger partial charge in [-0.1, -0.05) is 18.2 Å².